The number of methoxy groups -OCH3 is 1. The molecule has 2 aliphatic rings. The average molecular weight is 420 g/mol. The van der Waals surface area contributed by atoms with Crippen molar-refractivity contribution in [2.75, 3.05) is 13.7 Å². The molecule has 1 aromatic carbocycles. The predicted molar refractivity (Wildman–Crippen MR) is 119 cm³/mol. The van der Waals surface area contributed by atoms with Crippen LogP contribution in [-0.4, -0.2) is 39.6 Å². The molecule has 2 N–H and O–H groups in total. The first-order valence-electron chi connectivity index (χ1n) is 11.1. The number of aryl methyl sites for hydroxylation is 1. The molecule has 162 valence electrons. The number of nitrogens with zero attached hydrogens (tertiary/aromatic N) is 2. The van der Waals surface area contributed by atoms with E-state index in [-0.39, 0.29) is 11.7 Å². The summed E-state index contributed by atoms with van der Waals surface area (Å²) in [6.07, 6.45) is 8.77. The van der Waals surface area contributed by atoms with Crippen LogP contribution < -0.4 is 4.74 Å². The number of fused-ring (bicyclic) bond motifs is 1. The molecule has 2 fully saturated rings. The normalized spacial score (nSPS) is 22.0. The summed E-state index contributed by atoms with van der Waals surface area (Å²) < 4.78 is 5.78. The van der Waals surface area contributed by atoms with Crippen LogP contribution in [0.15, 0.2) is 36.7 Å². The minimum atomic E-state index is -0.984. The number of nitrogens with one attached hydrogen (secondary N) is 1. The van der Waals surface area contributed by atoms with Crippen LogP contribution in [0, 0.1) is 18.8 Å². The largest absolute Gasteiger partial charge is 0.496 e. The second-order valence-corrected chi connectivity index (χ2v) is 9.03. The lowest BCUT2D eigenvalue weighted by Crippen LogP contribution is -2.37. The number of carboxylic acid groups (broad SMARTS) is 1. The van der Waals surface area contributed by atoms with Crippen molar-refractivity contribution in [1.29, 1.82) is 0 Å². The molecule has 2 aromatic heterocycles. The van der Waals surface area contributed by atoms with Gasteiger partial charge in [0.2, 0.25) is 0 Å². The average Bonchev–Trinajstić information content (AvgIpc) is 3.51. The first kappa shape index (κ1) is 20.1. The molecule has 1 saturated heterocycles. The summed E-state index contributed by atoms with van der Waals surface area (Å²) in [5, 5.41) is 10.4. The van der Waals surface area contributed by atoms with Gasteiger partial charge in [-0.2, -0.15) is 0 Å². The summed E-state index contributed by atoms with van der Waals surface area (Å²) in [5.74, 6) is 1.54. The van der Waals surface area contributed by atoms with Gasteiger partial charge < -0.3 is 14.8 Å². The Bertz CT molecular complexity index is 1100. The summed E-state index contributed by atoms with van der Waals surface area (Å²) >= 11 is 0. The van der Waals surface area contributed by atoms with Crippen LogP contribution in [-0.2, 0) is 6.54 Å². The molecule has 0 bridgehead atoms. The molecule has 31 heavy (non-hydrogen) atoms. The Morgan fingerprint density at radius 2 is 2.10 bits per heavy atom. The molecule has 0 amide bonds. The lowest BCUT2D eigenvalue weighted by atomic mass is 9.84. The number of H-pyrrole nitrogens is 1. The molecule has 3 heterocycles. The zero-order valence-electron chi connectivity index (χ0n) is 18.1. The van der Waals surface area contributed by atoms with Crippen LogP contribution in [0.4, 0.5) is 0 Å². The Kier molecular flexibility index (Phi) is 5.18. The SMILES string of the molecule is COc1cc(C)c2[nH]ccc2c1CN1CC[C@H](C2CC2)C[C@H]1c1ccc(C(=O)O)nc1. The number of pyridine rings is 1. The zero-order chi connectivity index (χ0) is 21.5. The number of piperidine rings is 1. The smallest absolute Gasteiger partial charge is 0.354 e. The van der Waals surface area contributed by atoms with E-state index in [4.69, 9.17) is 4.74 Å². The summed E-state index contributed by atoms with van der Waals surface area (Å²) in [4.78, 5) is 21.4. The number of hydrogen-bond donors (Lipinski definition) is 2. The fraction of sp³-hybridized carbons (Fsp3) is 0.440. The number of hydrogen-bond acceptors (Lipinski definition) is 4. The van der Waals surface area contributed by atoms with Crippen molar-refractivity contribution in [1.82, 2.24) is 14.9 Å². The highest BCUT2D eigenvalue weighted by Crippen LogP contribution is 2.47. The number of aromatic carboxylic acids is 1. The first-order valence-corrected chi connectivity index (χ1v) is 11.1. The highest BCUT2D eigenvalue weighted by atomic mass is 16.5. The molecular weight excluding hydrogens is 390 g/mol. The van der Waals surface area contributed by atoms with Crippen molar-refractivity contribution < 1.29 is 14.6 Å². The molecule has 2 atom stereocenters. The molecule has 1 aliphatic carbocycles. The van der Waals surface area contributed by atoms with Gasteiger partial charge in [0.05, 0.1) is 7.11 Å². The van der Waals surface area contributed by atoms with Crippen LogP contribution >= 0.6 is 0 Å². The van der Waals surface area contributed by atoms with Gasteiger partial charge in [-0.05, 0) is 80.3 Å². The number of aromatic nitrogens is 2. The summed E-state index contributed by atoms with van der Waals surface area (Å²) in [6, 6.07) is 8.06. The Hall–Kier alpha value is -2.86. The molecule has 3 aromatic rings. The lowest BCUT2D eigenvalue weighted by Gasteiger charge is -2.40. The first-order chi connectivity index (χ1) is 15.0. The molecule has 0 unspecified atom stereocenters. The number of carbonyl (C=O) groups is 1. The van der Waals surface area contributed by atoms with E-state index in [0.717, 1.165) is 48.2 Å². The highest BCUT2D eigenvalue weighted by molar-refractivity contribution is 5.88. The van der Waals surface area contributed by atoms with E-state index in [0.29, 0.717) is 0 Å². The molecule has 6 nitrogen and oxygen atoms in total. The second kappa shape index (κ2) is 8.00. The number of likely N-dealkylation sites (tertiary alicyclic amines) is 1. The minimum absolute atomic E-state index is 0.0964. The van der Waals surface area contributed by atoms with Crippen molar-refractivity contribution in [3.05, 3.63) is 59.0 Å². The van der Waals surface area contributed by atoms with E-state index < -0.39 is 5.97 Å². The van der Waals surface area contributed by atoms with Crippen molar-refractivity contribution in [2.45, 2.75) is 45.2 Å². The third kappa shape index (κ3) is 3.81. The number of rotatable bonds is 6. The van der Waals surface area contributed by atoms with E-state index in [9.17, 15) is 9.90 Å². The molecule has 1 saturated carbocycles. The number of benzene rings is 1. The van der Waals surface area contributed by atoms with Crippen LogP contribution in [0.2, 0.25) is 0 Å². The van der Waals surface area contributed by atoms with Gasteiger partial charge in [0.15, 0.2) is 0 Å². The topological polar surface area (TPSA) is 78.5 Å². The Morgan fingerprint density at radius 3 is 2.77 bits per heavy atom. The number of aromatic amines is 1. The van der Waals surface area contributed by atoms with Gasteiger partial charge in [-0.15, -0.1) is 0 Å². The Balaban J connectivity index is 1.49. The van der Waals surface area contributed by atoms with Gasteiger partial charge >= 0.3 is 5.97 Å². The molecule has 1 aliphatic heterocycles. The van der Waals surface area contributed by atoms with Gasteiger partial charge in [-0.1, -0.05) is 6.07 Å². The molecule has 5 rings (SSSR count). The Morgan fingerprint density at radius 1 is 1.26 bits per heavy atom. The predicted octanol–water partition coefficient (Wildman–Crippen LogP) is 4.94. The van der Waals surface area contributed by atoms with Crippen molar-refractivity contribution >= 4 is 16.9 Å². The minimum Gasteiger partial charge on any atom is -0.496 e. The number of carboxylic acids is 1. The lowest BCUT2D eigenvalue weighted by molar-refractivity contribution is 0.0689. The molecule has 0 radical (unpaired) electrons. The van der Waals surface area contributed by atoms with Crippen LogP contribution in [0.1, 0.15) is 58.9 Å². The van der Waals surface area contributed by atoms with E-state index >= 15 is 0 Å². The summed E-state index contributed by atoms with van der Waals surface area (Å²) in [5.41, 5.74) is 4.74. The quantitative estimate of drug-likeness (QED) is 0.592. The van der Waals surface area contributed by atoms with Gasteiger partial charge in [-0.25, -0.2) is 9.78 Å². The van der Waals surface area contributed by atoms with Gasteiger partial charge in [0.1, 0.15) is 11.4 Å². The third-order valence-corrected chi connectivity index (χ3v) is 7.13. The Labute approximate surface area is 182 Å². The summed E-state index contributed by atoms with van der Waals surface area (Å²) in [7, 11) is 1.74. The second-order valence-electron chi connectivity index (χ2n) is 9.03. The van der Waals surface area contributed by atoms with Gasteiger partial charge in [0, 0.05) is 41.4 Å². The molecule has 6 heteroatoms. The monoisotopic (exact) mass is 419 g/mol. The van der Waals surface area contributed by atoms with Crippen LogP contribution in [0.25, 0.3) is 10.9 Å². The van der Waals surface area contributed by atoms with E-state index in [1.54, 1.807) is 19.4 Å². The maximum absolute atomic E-state index is 11.3. The highest BCUT2D eigenvalue weighted by Gasteiger charge is 2.38. The standard InChI is InChI=1S/C25H29N3O3/c1-15-11-23(31-2)20(19-7-9-26-24(15)19)14-28-10-8-17(16-3-4-16)12-22(28)18-5-6-21(25(29)30)27-13-18/h5-7,9,11,13,16-17,22,26H,3-4,8,10,12,14H2,1-2H3,(H,29,30)/t17-,22-/m0/s1. The van der Waals surface area contributed by atoms with Crippen molar-refractivity contribution in [3.8, 4) is 5.75 Å². The third-order valence-electron chi connectivity index (χ3n) is 7.13. The van der Waals surface area contributed by atoms with Crippen molar-refractivity contribution in [2.24, 2.45) is 11.8 Å². The maximum atomic E-state index is 11.3. The molecular formula is C25H29N3O3. The van der Waals surface area contributed by atoms with Crippen molar-refractivity contribution in [3.63, 3.8) is 0 Å². The van der Waals surface area contributed by atoms with Crippen LogP contribution in [0.5, 0.6) is 5.75 Å². The van der Waals surface area contributed by atoms with E-state index in [1.807, 2.05) is 12.3 Å². The zero-order valence-corrected chi connectivity index (χ0v) is 18.1. The van der Waals surface area contributed by atoms with E-state index in [2.05, 4.69) is 33.9 Å². The molecule has 0 spiro atoms. The van der Waals surface area contributed by atoms with Crippen LogP contribution in [0.3, 0.4) is 0 Å². The fourth-order valence-corrected chi connectivity index (χ4v) is 5.29. The number of ether oxygens (including phenoxy) is 1. The van der Waals surface area contributed by atoms with Gasteiger partial charge in [0.25, 0.3) is 0 Å². The summed E-state index contributed by atoms with van der Waals surface area (Å²) in [6.45, 7) is 3.92. The fourth-order valence-electron chi connectivity index (χ4n) is 5.29. The van der Waals surface area contributed by atoms with E-state index in [1.165, 1.54) is 35.8 Å². The van der Waals surface area contributed by atoms with Gasteiger partial charge in [-0.3, -0.25) is 4.90 Å². The maximum Gasteiger partial charge on any atom is 0.354 e.